The number of carbonyl (C=O) groups excluding carboxylic acids is 2. The molecule has 3 N–H and O–H groups in total. The van der Waals surface area contributed by atoms with Gasteiger partial charge in [-0.2, -0.15) is 5.09 Å². The first kappa shape index (κ1) is 34.5. The summed E-state index contributed by atoms with van der Waals surface area (Å²) in [6.07, 6.45) is -1.30. The average molecular weight is 663 g/mol. The number of azide groups is 1. The molecule has 0 radical (unpaired) electrons. The number of aliphatic hydroxyl groups excluding tert-OH is 1. The second kappa shape index (κ2) is 15.3. The molecule has 2 aliphatic heterocycles. The number of amides is 1. The van der Waals surface area contributed by atoms with Crippen molar-refractivity contribution in [3.63, 3.8) is 0 Å². The van der Waals surface area contributed by atoms with Crippen molar-refractivity contribution < 1.29 is 52.1 Å². The molecule has 1 fully saturated rings. The molecule has 2 aliphatic rings. The highest BCUT2D eigenvalue weighted by molar-refractivity contribution is 7.52. The predicted octanol–water partition coefficient (Wildman–Crippen LogP) is 2.92. The van der Waals surface area contributed by atoms with Gasteiger partial charge in [-0.05, 0) is 37.1 Å². The van der Waals surface area contributed by atoms with Gasteiger partial charge in [-0.15, -0.1) is 0 Å². The van der Waals surface area contributed by atoms with Gasteiger partial charge in [0.25, 0.3) is 5.91 Å². The van der Waals surface area contributed by atoms with Crippen LogP contribution in [0.3, 0.4) is 0 Å². The van der Waals surface area contributed by atoms with Gasteiger partial charge in [0.05, 0.1) is 19.8 Å². The molecule has 18 heteroatoms. The van der Waals surface area contributed by atoms with Gasteiger partial charge in [0, 0.05) is 30.3 Å². The second-order valence-corrected chi connectivity index (χ2v) is 12.1. The Kier molecular flexibility index (Phi) is 11.5. The van der Waals surface area contributed by atoms with Crippen molar-refractivity contribution in [3.05, 3.63) is 76.8 Å². The maximum Gasteiger partial charge on any atom is 0.459 e. The molecule has 17 nitrogen and oxygen atoms in total. The number of hydroxylamine groups is 1. The third-order valence-electron chi connectivity index (χ3n) is 6.96. The van der Waals surface area contributed by atoms with E-state index in [0.29, 0.717) is 11.5 Å². The monoisotopic (exact) mass is 662 g/mol. The van der Waals surface area contributed by atoms with Gasteiger partial charge in [-0.25, -0.2) is 10.0 Å². The van der Waals surface area contributed by atoms with Crippen molar-refractivity contribution in [1.82, 2.24) is 15.5 Å². The predicted molar refractivity (Wildman–Crippen MR) is 160 cm³/mol. The van der Waals surface area contributed by atoms with Crippen molar-refractivity contribution in [2.75, 3.05) is 27.6 Å². The molecule has 0 aromatic heterocycles. The molecule has 0 spiro atoms. The highest BCUT2D eigenvalue weighted by Crippen LogP contribution is 2.48. The highest BCUT2D eigenvalue weighted by atomic mass is 31.2. The number of esters is 1. The van der Waals surface area contributed by atoms with Crippen LogP contribution in [-0.2, 0) is 39.6 Å². The first-order valence-corrected chi connectivity index (χ1v) is 15.5. The van der Waals surface area contributed by atoms with Crippen LogP contribution in [0.4, 0.5) is 0 Å². The fourth-order valence-corrected chi connectivity index (χ4v) is 6.11. The molecule has 1 saturated heterocycles. The van der Waals surface area contributed by atoms with Crippen molar-refractivity contribution in [2.45, 2.75) is 50.5 Å². The summed E-state index contributed by atoms with van der Waals surface area (Å²) in [5.74, 6) is -0.452. The number of nitrogens with zero attached hydrogens (tertiary/aromatic N) is 4. The number of hydrogen-bond donors (Lipinski definition) is 3. The molecule has 248 valence electrons. The van der Waals surface area contributed by atoms with E-state index < -0.39 is 56.2 Å². The highest BCUT2D eigenvalue weighted by Gasteiger charge is 2.55. The van der Waals surface area contributed by atoms with E-state index in [-0.39, 0.29) is 19.1 Å². The van der Waals surface area contributed by atoms with Gasteiger partial charge in [-0.1, -0.05) is 35.4 Å². The molecule has 0 saturated carbocycles. The number of benzene rings is 2. The summed E-state index contributed by atoms with van der Waals surface area (Å²) in [6, 6.07) is 12.3. The molecular weight excluding hydrogens is 627 g/mol. The molecule has 46 heavy (non-hydrogen) atoms. The van der Waals surface area contributed by atoms with E-state index in [2.05, 4.69) is 25.4 Å². The Bertz CT molecular complexity index is 1510. The van der Waals surface area contributed by atoms with Crippen molar-refractivity contribution >= 4 is 19.6 Å². The Morgan fingerprint density at radius 1 is 1.26 bits per heavy atom. The zero-order chi connectivity index (χ0) is 33.3. The SMILES string of the molecule is CONC(=O)/C=C\N(C)[C@@H]1O[C@H](COP(=O)(N[C@@H](C)C(=O)OCc2ccccc2)Oc2ccc3c(c2)OCO3)[C@@H](O)[C@@]1(C)N=[N+]=[N-]. The molecule has 6 atom stereocenters. The van der Waals surface area contributed by atoms with E-state index in [4.69, 9.17) is 28.0 Å². The largest absolute Gasteiger partial charge is 0.460 e. The minimum Gasteiger partial charge on any atom is -0.460 e. The Morgan fingerprint density at radius 2 is 2.00 bits per heavy atom. The summed E-state index contributed by atoms with van der Waals surface area (Å²) in [4.78, 5) is 33.5. The van der Waals surface area contributed by atoms with Gasteiger partial charge in [0.15, 0.2) is 11.5 Å². The zero-order valence-electron chi connectivity index (χ0n) is 25.5. The number of ether oxygens (including phenoxy) is 4. The third-order valence-corrected chi connectivity index (χ3v) is 8.60. The molecule has 2 heterocycles. The Labute approximate surface area is 264 Å². The molecule has 1 unspecified atom stereocenters. The molecule has 0 aliphatic carbocycles. The topological polar surface area (TPSA) is 212 Å². The standard InChI is InChI=1S/C28H35N6O11P/c1-18(26(37)40-15-19-8-6-5-7-9-19)31-46(38,45-20-10-11-21-22(14-20)42-17-41-21)43-16-23-25(36)28(2,32-33-29)27(44-23)34(3)13-12-24(35)30-39-4/h5-14,18,23,25,27,36H,15-17H2,1-4H3,(H,30,35)(H,31,38)/b13-12-/t18-,23+,25+,27+,28+,46?/m0/s1. The summed E-state index contributed by atoms with van der Waals surface area (Å²) in [7, 11) is -1.62. The van der Waals surface area contributed by atoms with E-state index >= 15 is 0 Å². The van der Waals surface area contributed by atoms with Crippen LogP contribution in [-0.4, -0.2) is 79.5 Å². The van der Waals surface area contributed by atoms with Gasteiger partial charge in [-0.3, -0.25) is 19.0 Å². The number of hydrogen-bond acceptors (Lipinski definition) is 13. The van der Waals surface area contributed by atoms with E-state index in [1.807, 2.05) is 6.07 Å². The summed E-state index contributed by atoms with van der Waals surface area (Å²) >= 11 is 0. The van der Waals surface area contributed by atoms with Gasteiger partial charge in [0.2, 0.25) is 6.79 Å². The Balaban J connectivity index is 1.51. The summed E-state index contributed by atoms with van der Waals surface area (Å²) in [5.41, 5.74) is 10.5. The second-order valence-electron chi connectivity index (χ2n) is 10.4. The molecule has 2 aromatic carbocycles. The van der Waals surface area contributed by atoms with E-state index in [1.165, 1.54) is 51.2 Å². The van der Waals surface area contributed by atoms with Crippen LogP contribution in [0.15, 0.2) is 65.9 Å². The number of fused-ring (bicyclic) bond motifs is 1. The smallest absolute Gasteiger partial charge is 0.459 e. The average Bonchev–Trinajstić information content (AvgIpc) is 3.60. The van der Waals surface area contributed by atoms with E-state index in [0.717, 1.165) is 11.6 Å². The van der Waals surface area contributed by atoms with Crippen molar-refractivity contribution in [2.24, 2.45) is 5.11 Å². The van der Waals surface area contributed by atoms with Crippen LogP contribution < -0.4 is 24.6 Å². The van der Waals surface area contributed by atoms with Crippen LogP contribution >= 0.6 is 7.75 Å². The molecule has 1 amide bonds. The van der Waals surface area contributed by atoms with Crippen LogP contribution in [0.25, 0.3) is 10.4 Å². The molecule has 4 rings (SSSR count). The van der Waals surface area contributed by atoms with Crippen molar-refractivity contribution in [1.29, 1.82) is 0 Å². The minimum atomic E-state index is -4.42. The lowest BCUT2D eigenvalue weighted by Crippen LogP contribution is -2.49. The molecule has 2 aromatic rings. The number of carbonyl (C=O) groups is 2. The zero-order valence-corrected chi connectivity index (χ0v) is 26.4. The minimum absolute atomic E-state index is 0.00179. The van der Waals surface area contributed by atoms with Gasteiger partial charge in [0.1, 0.15) is 36.3 Å². The summed E-state index contributed by atoms with van der Waals surface area (Å²) < 4.78 is 47.6. The Morgan fingerprint density at radius 3 is 2.72 bits per heavy atom. The number of aliphatic hydroxyl groups is 1. The first-order valence-electron chi connectivity index (χ1n) is 13.9. The van der Waals surface area contributed by atoms with Gasteiger partial charge >= 0.3 is 13.7 Å². The maximum absolute atomic E-state index is 14.1. The van der Waals surface area contributed by atoms with E-state index in [9.17, 15) is 24.8 Å². The fraction of sp³-hybridized carbons (Fsp3) is 0.429. The number of nitrogens with one attached hydrogen (secondary N) is 2. The molecule has 0 bridgehead atoms. The van der Waals surface area contributed by atoms with Crippen molar-refractivity contribution in [3.8, 4) is 17.2 Å². The lowest BCUT2D eigenvalue weighted by molar-refractivity contribution is -0.146. The number of likely N-dealkylation sites (N-methyl/N-ethyl adjacent to an activating group) is 1. The Hall–Kier alpha value is -4.34. The van der Waals surface area contributed by atoms with Crippen LogP contribution in [0.5, 0.6) is 17.2 Å². The first-order chi connectivity index (χ1) is 22.0. The quantitative estimate of drug-likeness (QED) is 0.0477. The fourth-order valence-electron chi connectivity index (χ4n) is 4.62. The normalized spacial score (nSPS) is 23.6. The van der Waals surface area contributed by atoms with Crippen LogP contribution in [0.1, 0.15) is 19.4 Å². The summed E-state index contributed by atoms with van der Waals surface area (Å²) in [5, 5.41) is 17.5. The molecular formula is C28H35N6O11P. The lowest BCUT2D eigenvalue weighted by Gasteiger charge is -2.33. The van der Waals surface area contributed by atoms with Crippen LogP contribution in [0, 0.1) is 0 Å². The van der Waals surface area contributed by atoms with Crippen LogP contribution in [0.2, 0.25) is 0 Å². The third kappa shape index (κ3) is 8.47. The van der Waals surface area contributed by atoms with Gasteiger partial charge < -0.3 is 33.5 Å². The number of rotatable bonds is 15. The summed E-state index contributed by atoms with van der Waals surface area (Å²) in [6.45, 7) is 2.31. The lowest BCUT2D eigenvalue weighted by atomic mass is 9.93. The maximum atomic E-state index is 14.1. The van der Waals surface area contributed by atoms with E-state index in [1.54, 1.807) is 30.3 Å².